The number of aryl methyl sites for hydroxylation is 1. The lowest BCUT2D eigenvalue weighted by atomic mass is 9.80. The van der Waals surface area contributed by atoms with E-state index in [1.807, 2.05) is 24.3 Å². The Bertz CT molecular complexity index is 746. The lowest BCUT2D eigenvalue weighted by Crippen LogP contribution is -2.46. The van der Waals surface area contributed by atoms with Gasteiger partial charge in [0, 0.05) is 16.1 Å². The van der Waals surface area contributed by atoms with E-state index >= 15 is 0 Å². The number of benzene rings is 2. The number of rotatable bonds is 1. The zero-order valence-electron chi connectivity index (χ0n) is 12.4. The van der Waals surface area contributed by atoms with Crippen molar-refractivity contribution in [1.82, 2.24) is 0 Å². The summed E-state index contributed by atoms with van der Waals surface area (Å²) in [4.78, 5) is 3.96. The van der Waals surface area contributed by atoms with Crippen LogP contribution in [0.4, 0.5) is 11.4 Å². The van der Waals surface area contributed by atoms with Crippen LogP contribution in [0.15, 0.2) is 48.5 Å². The van der Waals surface area contributed by atoms with Crippen LogP contribution in [0.1, 0.15) is 25.0 Å². The van der Waals surface area contributed by atoms with Crippen molar-refractivity contribution in [2.75, 3.05) is 4.90 Å². The highest BCUT2D eigenvalue weighted by molar-refractivity contribution is 7.82. The Labute approximate surface area is 136 Å². The van der Waals surface area contributed by atoms with Crippen molar-refractivity contribution >= 4 is 45.7 Å². The number of para-hydroxylation sites is 2. The van der Waals surface area contributed by atoms with Gasteiger partial charge in [-0.3, -0.25) is 0 Å². The van der Waals surface area contributed by atoms with Gasteiger partial charge in [-0.1, -0.05) is 60.8 Å². The predicted molar refractivity (Wildman–Crippen MR) is 97.8 cm³/mol. The van der Waals surface area contributed by atoms with Crippen molar-refractivity contribution < 1.29 is 0 Å². The summed E-state index contributed by atoms with van der Waals surface area (Å²) in [7, 11) is 0. The van der Waals surface area contributed by atoms with E-state index in [-0.39, 0.29) is 5.41 Å². The largest absolute Gasteiger partial charge is 0.303 e. The number of thiocarbonyl (C=S) groups is 2. The summed E-state index contributed by atoms with van der Waals surface area (Å²) in [6, 6.07) is 16.6. The molecule has 2 aromatic rings. The Hall–Kier alpha value is -1.58. The molecular weight excluding hydrogens is 294 g/mol. The lowest BCUT2D eigenvalue weighted by Gasteiger charge is -2.42. The van der Waals surface area contributed by atoms with Crippen LogP contribution >= 0.6 is 24.4 Å². The normalized spacial score (nSPS) is 16.8. The van der Waals surface area contributed by atoms with Gasteiger partial charge in [0.05, 0.1) is 16.1 Å². The van der Waals surface area contributed by atoms with Crippen LogP contribution < -0.4 is 4.90 Å². The third-order valence-corrected chi connectivity index (χ3v) is 5.47. The molecule has 21 heavy (non-hydrogen) atoms. The fourth-order valence-corrected chi connectivity index (χ4v) is 3.37. The van der Waals surface area contributed by atoms with Gasteiger partial charge >= 0.3 is 0 Å². The molecule has 0 radical (unpaired) electrons. The highest BCUT2D eigenvalue weighted by Gasteiger charge is 2.40. The first-order chi connectivity index (χ1) is 9.94. The minimum absolute atomic E-state index is 0.304. The Morgan fingerprint density at radius 2 is 1.43 bits per heavy atom. The van der Waals surface area contributed by atoms with E-state index in [9.17, 15) is 0 Å². The SMILES string of the molecule is Cc1ccccc1N1C(=S)C(C)(C)C(=S)c2ccccc21. The number of nitrogens with zero attached hydrogens (tertiary/aromatic N) is 1. The topological polar surface area (TPSA) is 3.24 Å². The fraction of sp³-hybridized carbons (Fsp3) is 0.222. The van der Waals surface area contributed by atoms with Gasteiger partial charge in [0.1, 0.15) is 0 Å². The molecule has 3 heteroatoms. The summed E-state index contributed by atoms with van der Waals surface area (Å²) in [5, 5.41) is 0. The molecule has 2 aromatic carbocycles. The van der Waals surface area contributed by atoms with E-state index in [0.717, 1.165) is 26.8 Å². The van der Waals surface area contributed by atoms with Crippen LogP contribution in [0, 0.1) is 12.3 Å². The van der Waals surface area contributed by atoms with Crippen molar-refractivity contribution in [1.29, 1.82) is 0 Å². The number of anilines is 2. The molecule has 0 N–H and O–H groups in total. The van der Waals surface area contributed by atoms with E-state index in [0.29, 0.717) is 0 Å². The Kier molecular flexibility index (Phi) is 3.42. The highest BCUT2D eigenvalue weighted by atomic mass is 32.1. The summed E-state index contributed by atoms with van der Waals surface area (Å²) in [6.45, 7) is 6.33. The van der Waals surface area contributed by atoms with E-state index in [1.165, 1.54) is 5.56 Å². The van der Waals surface area contributed by atoms with Gasteiger partial charge in [0.2, 0.25) is 0 Å². The zero-order chi connectivity index (χ0) is 15.2. The van der Waals surface area contributed by atoms with Crippen molar-refractivity contribution in [3.63, 3.8) is 0 Å². The van der Waals surface area contributed by atoms with Crippen molar-refractivity contribution in [3.8, 4) is 0 Å². The standard InChI is InChI=1S/C18H17NS2/c1-12-8-4-6-10-14(12)19-15-11-7-5-9-13(15)16(20)18(2,3)17(19)21/h4-11H,1-3H3. The van der Waals surface area contributed by atoms with Crippen LogP contribution in [0.2, 0.25) is 0 Å². The summed E-state index contributed by atoms with van der Waals surface area (Å²) in [5.41, 5.74) is 4.22. The smallest absolute Gasteiger partial charge is 0.0980 e. The Morgan fingerprint density at radius 1 is 0.857 bits per heavy atom. The molecule has 0 aliphatic carbocycles. The molecule has 106 valence electrons. The maximum atomic E-state index is 5.80. The third-order valence-electron chi connectivity index (χ3n) is 4.05. The molecule has 0 aromatic heterocycles. The highest BCUT2D eigenvalue weighted by Crippen LogP contribution is 2.43. The molecule has 3 rings (SSSR count). The maximum Gasteiger partial charge on any atom is 0.0980 e. The lowest BCUT2D eigenvalue weighted by molar-refractivity contribution is 0.734. The fourth-order valence-electron chi connectivity index (χ4n) is 2.74. The summed E-state index contributed by atoms with van der Waals surface area (Å²) in [5.74, 6) is 0. The first kappa shape index (κ1) is 14.4. The molecule has 0 spiro atoms. The van der Waals surface area contributed by atoms with Crippen LogP contribution in [-0.4, -0.2) is 9.85 Å². The molecule has 0 saturated heterocycles. The number of hydrogen-bond acceptors (Lipinski definition) is 2. The molecule has 1 nitrogen and oxygen atoms in total. The zero-order valence-corrected chi connectivity index (χ0v) is 14.0. The van der Waals surface area contributed by atoms with Crippen molar-refractivity contribution in [3.05, 3.63) is 59.7 Å². The van der Waals surface area contributed by atoms with Gasteiger partial charge in [0.25, 0.3) is 0 Å². The molecule has 1 heterocycles. The van der Waals surface area contributed by atoms with E-state index in [2.05, 4.69) is 49.9 Å². The van der Waals surface area contributed by atoms with E-state index in [1.54, 1.807) is 0 Å². The van der Waals surface area contributed by atoms with Gasteiger partial charge in [-0.25, -0.2) is 0 Å². The van der Waals surface area contributed by atoms with Gasteiger partial charge in [-0.15, -0.1) is 0 Å². The van der Waals surface area contributed by atoms with Gasteiger partial charge in [-0.05, 0) is 38.5 Å². The third kappa shape index (κ3) is 2.12. The second kappa shape index (κ2) is 5.00. The second-order valence-corrected chi connectivity index (χ2v) is 6.69. The first-order valence-electron chi connectivity index (χ1n) is 6.98. The van der Waals surface area contributed by atoms with Crippen molar-refractivity contribution in [2.45, 2.75) is 20.8 Å². The average Bonchev–Trinajstić information content (AvgIpc) is 2.48. The molecule has 0 bridgehead atoms. The van der Waals surface area contributed by atoms with Gasteiger partial charge in [-0.2, -0.15) is 0 Å². The van der Waals surface area contributed by atoms with Crippen LogP contribution in [-0.2, 0) is 0 Å². The Morgan fingerprint density at radius 3 is 2.10 bits per heavy atom. The summed E-state index contributed by atoms with van der Waals surface area (Å²) in [6.07, 6.45) is 0. The minimum atomic E-state index is -0.304. The second-order valence-electron chi connectivity index (χ2n) is 5.90. The molecule has 1 aliphatic rings. The maximum absolute atomic E-state index is 5.80. The molecule has 0 amide bonds. The monoisotopic (exact) mass is 311 g/mol. The number of hydrogen-bond donors (Lipinski definition) is 0. The molecule has 0 saturated carbocycles. The minimum Gasteiger partial charge on any atom is -0.303 e. The molecular formula is C18H17NS2. The van der Waals surface area contributed by atoms with Gasteiger partial charge < -0.3 is 4.90 Å². The molecule has 0 atom stereocenters. The predicted octanol–water partition coefficient (Wildman–Crippen LogP) is 5.22. The van der Waals surface area contributed by atoms with Crippen LogP contribution in [0.5, 0.6) is 0 Å². The average molecular weight is 311 g/mol. The molecule has 0 unspecified atom stereocenters. The van der Waals surface area contributed by atoms with Crippen LogP contribution in [0.3, 0.4) is 0 Å². The van der Waals surface area contributed by atoms with E-state index < -0.39 is 0 Å². The van der Waals surface area contributed by atoms with Crippen molar-refractivity contribution in [2.24, 2.45) is 5.41 Å². The summed E-state index contributed by atoms with van der Waals surface area (Å²) >= 11 is 11.5. The van der Waals surface area contributed by atoms with E-state index in [4.69, 9.17) is 24.4 Å². The summed E-state index contributed by atoms with van der Waals surface area (Å²) < 4.78 is 0. The van der Waals surface area contributed by atoms with Gasteiger partial charge in [0.15, 0.2) is 0 Å². The molecule has 0 fully saturated rings. The quantitative estimate of drug-likeness (QED) is 0.665. The number of fused-ring (bicyclic) bond motifs is 1. The molecule has 1 aliphatic heterocycles. The Balaban J connectivity index is 2.30. The van der Waals surface area contributed by atoms with Crippen LogP contribution in [0.25, 0.3) is 0 Å². The first-order valence-corrected chi connectivity index (χ1v) is 7.80.